The van der Waals surface area contributed by atoms with Crippen molar-refractivity contribution in [2.75, 3.05) is 11.6 Å². The summed E-state index contributed by atoms with van der Waals surface area (Å²) < 4.78 is 12.2. The van der Waals surface area contributed by atoms with E-state index >= 15 is 0 Å². The fourth-order valence-electron chi connectivity index (χ4n) is 3.40. The van der Waals surface area contributed by atoms with Crippen LogP contribution in [0.2, 0.25) is 5.02 Å². The Morgan fingerprint density at radius 1 is 1.12 bits per heavy atom. The summed E-state index contributed by atoms with van der Waals surface area (Å²) in [7, 11) is 0. The van der Waals surface area contributed by atoms with Crippen LogP contribution < -0.4 is 5.84 Å². The summed E-state index contributed by atoms with van der Waals surface area (Å²) in [6, 6.07) is 14.1. The average molecular weight is 469 g/mol. The van der Waals surface area contributed by atoms with Gasteiger partial charge < -0.3 is 14.7 Å². The molecular formula is C21H17ClN6O3S. The molecule has 4 heterocycles. The van der Waals surface area contributed by atoms with Gasteiger partial charge in [0.15, 0.2) is 5.76 Å². The van der Waals surface area contributed by atoms with Gasteiger partial charge in [-0.15, -0.1) is 10.2 Å². The highest BCUT2D eigenvalue weighted by atomic mass is 35.5. The third-order valence-corrected chi connectivity index (χ3v) is 6.13. The number of rotatable bonds is 6. The molecule has 0 aliphatic carbocycles. The van der Waals surface area contributed by atoms with E-state index in [1.807, 2.05) is 18.2 Å². The number of aromatic nitrogens is 3. The number of hydrazone groups is 1. The van der Waals surface area contributed by atoms with Crippen LogP contribution in [0.5, 0.6) is 0 Å². The summed E-state index contributed by atoms with van der Waals surface area (Å²) in [6.07, 6.45) is 3.64. The van der Waals surface area contributed by atoms with Crippen LogP contribution in [0, 0.1) is 0 Å². The molecule has 1 atom stereocenters. The first-order valence-electron chi connectivity index (χ1n) is 9.66. The van der Waals surface area contributed by atoms with Crippen LogP contribution in [0.15, 0.2) is 80.1 Å². The quantitative estimate of drug-likeness (QED) is 0.336. The monoisotopic (exact) mass is 468 g/mol. The van der Waals surface area contributed by atoms with Gasteiger partial charge in [0, 0.05) is 11.4 Å². The Labute approximate surface area is 191 Å². The van der Waals surface area contributed by atoms with Gasteiger partial charge in [-0.3, -0.25) is 4.79 Å². The first kappa shape index (κ1) is 20.4. The number of halogens is 1. The van der Waals surface area contributed by atoms with Gasteiger partial charge in [0.05, 0.1) is 24.0 Å². The summed E-state index contributed by atoms with van der Waals surface area (Å²) in [5.74, 6) is 7.48. The predicted molar refractivity (Wildman–Crippen MR) is 119 cm³/mol. The van der Waals surface area contributed by atoms with Crippen molar-refractivity contribution in [1.29, 1.82) is 0 Å². The van der Waals surface area contributed by atoms with Crippen LogP contribution in [0.3, 0.4) is 0 Å². The minimum atomic E-state index is -0.335. The molecule has 0 saturated carbocycles. The first-order valence-corrected chi connectivity index (χ1v) is 11.0. The minimum Gasteiger partial charge on any atom is -0.467 e. The summed E-state index contributed by atoms with van der Waals surface area (Å²) in [5.41, 5.74) is 1.68. The molecule has 3 aromatic heterocycles. The fourth-order valence-corrected chi connectivity index (χ4v) is 4.24. The summed E-state index contributed by atoms with van der Waals surface area (Å²) >= 11 is 7.18. The maximum Gasteiger partial charge on any atom is 0.253 e. The second-order valence-electron chi connectivity index (χ2n) is 6.97. The van der Waals surface area contributed by atoms with Crippen molar-refractivity contribution in [3.8, 4) is 11.6 Å². The number of hydrogen-bond donors (Lipinski definition) is 1. The van der Waals surface area contributed by atoms with Crippen molar-refractivity contribution in [3.05, 3.63) is 77.4 Å². The Bertz CT molecular complexity index is 1250. The number of benzene rings is 1. The zero-order chi connectivity index (χ0) is 22.1. The third kappa shape index (κ3) is 3.90. The molecule has 0 radical (unpaired) electrons. The van der Waals surface area contributed by atoms with Gasteiger partial charge in [0.2, 0.25) is 11.0 Å². The minimum absolute atomic E-state index is 0.0715. The highest BCUT2D eigenvalue weighted by Crippen LogP contribution is 2.34. The molecule has 11 heteroatoms. The molecule has 2 N–H and O–H groups in total. The van der Waals surface area contributed by atoms with Gasteiger partial charge in [-0.25, -0.2) is 9.69 Å². The van der Waals surface area contributed by atoms with Crippen LogP contribution in [0.25, 0.3) is 11.6 Å². The highest BCUT2D eigenvalue weighted by Gasteiger charge is 2.35. The van der Waals surface area contributed by atoms with Gasteiger partial charge in [0.25, 0.3) is 5.91 Å². The lowest BCUT2D eigenvalue weighted by Crippen LogP contribution is -2.28. The van der Waals surface area contributed by atoms with Crippen molar-refractivity contribution >= 4 is 35.0 Å². The molecule has 162 valence electrons. The summed E-state index contributed by atoms with van der Waals surface area (Å²) in [5, 5.41) is 15.2. The number of nitrogens with zero attached hydrogens (tertiary/aromatic N) is 5. The fraction of sp³-hybridized carbons (Fsp3) is 0.143. The summed E-state index contributed by atoms with van der Waals surface area (Å²) in [6.45, 7) is 0. The Kier molecular flexibility index (Phi) is 5.46. The van der Waals surface area contributed by atoms with E-state index in [4.69, 9.17) is 26.3 Å². The third-order valence-electron chi connectivity index (χ3n) is 4.95. The molecule has 0 spiro atoms. The zero-order valence-electron chi connectivity index (χ0n) is 16.6. The molecule has 1 aliphatic rings. The van der Waals surface area contributed by atoms with Gasteiger partial charge in [-0.05, 0) is 42.0 Å². The molecule has 0 bridgehead atoms. The van der Waals surface area contributed by atoms with Crippen molar-refractivity contribution in [2.45, 2.75) is 17.6 Å². The second-order valence-corrected chi connectivity index (χ2v) is 8.35. The molecule has 0 fully saturated rings. The SMILES string of the molecule is Nn1c(SCC(=O)N2N=C(c3ccc(Cl)cc3)CC2c2ccco2)nnc1-c1ccco1. The maximum absolute atomic E-state index is 13.1. The second kappa shape index (κ2) is 8.56. The molecular weight excluding hydrogens is 452 g/mol. The number of hydrogen-bond acceptors (Lipinski definition) is 8. The van der Waals surface area contributed by atoms with Gasteiger partial charge in [0.1, 0.15) is 11.8 Å². The average Bonchev–Trinajstić information content (AvgIpc) is 3.59. The lowest BCUT2D eigenvalue weighted by atomic mass is 10.0. The van der Waals surface area contributed by atoms with E-state index in [2.05, 4.69) is 15.3 Å². The molecule has 9 nitrogen and oxygen atoms in total. The van der Waals surface area contributed by atoms with Crippen LogP contribution in [-0.2, 0) is 4.79 Å². The number of nitrogens with two attached hydrogens (primary N) is 1. The maximum atomic E-state index is 13.1. The Morgan fingerprint density at radius 3 is 2.62 bits per heavy atom. The zero-order valence-corrected chi connectivity index (χ0v) is 18.2. The largest absolute Gasteiger partial charge is 0.467 e. The lowest BCUT2D eigenvalue weighted by Gasteiger charge is -2.19. The van der Waals surface area contributed by atoms with Crippen LogP contribution >= 0.6 is 23.4 Å². The topological polar surface area (TPSA) is 116 Å². The summed E-state index contributed by atoms with van der Waals surface area (Å²) in [4.78, 5) is 13.1. The Morgan fingerprint density at radius 2 is 1.91 bits per heavy atom. The predicted octanol–water partition coefficient (Wildman–Crippen LogP) is 3.97. The number of amides is 1. The normalized spacial score (nSPS) is 15.8. The van der Waals surface area contributed by atoms with E-state index < -0.39 is 0 Å². The van der Waals surface area contributed by atoms with Gasteiger partial charge >= 0.3 is 0 Å². The smallest absolute Gasteiger partial charge is 0.253 e. The highest BCUT2D eigenvalue weighted by molar-refractivity contribution is 7.99. The number of carbonyl (C=O) groups excluding carboxylic acids is 1. The number of thioether (sulfide) groups is 1. The van der Waals surface area contributed by atoms with E-state index in [1.54, 1.807) is 36.6 Å². The van der Waals surface area contributed by atoms with Crippen LogP contribution in [0.1, 0.15) is 23.8 Å². The van der Waals surface area contributed by atoms with Crippen molar-refractivity contribution in [1.82, 2.24) is 19.9 Å². The first-order chi connectivity index (χ1) is 15.6. The molecule has 5 rings (SSSR count). The van der Waals surface area contributed by atoms with Crippen LogP contribution in [0.4, 0.5) is 0 Å². The number of carbonyl (C=O) groups is 1. The van der Waals surface area contributed by atoms with Gasteiger partial charge in [-0.1, -0.05) is 35.5 Å². The van der Waals surface area contributed by atoms with E-state index in [0.29, 0.717) is 33.9 Å². The molecule has 32 heavy (non-hydrogen) atoms. The number of furan rings is 2. The van der Waals surface area contributed by atoms with Crippen LogP contribution in [-0.4, -0.2) is 37.3 Å². The van der Waals surface area contributed by atoms with E-state index in [-0.39, 0.29) is 17.7 Å². The van der Waals surface area contributed by atoms with E-state index in [1.165, 1.54) is 27.7 Å². The van der Waals surface area contributed by atoms with E-state index in [9.17, 15) is 4.79 Å². The molecule has 1 aromatic carbocycles. The van der Waals surface area contributed by atoms with Crippen molar-refractivity contribution in [3.63, 3.8) is 0 Å². The van der Waals surface area contributed by atoms with Crippen molar-refractivity contribution in [2.24, 2.45) is 5.10 Å². The Hall–Kier alpha value is -3.50. The van der Waals surface area contributed by atoms with Crippen molar-refractivity contribution < 1.29 is 13.6 Å². The standard InChI is InChI=1S/C21H17ClN6O3S/c22-14-7-5-13(6-8-14)15-11-16(17-3-1-9-30-17)28(26-15)19(29)12-32-21-25-24-20(27(21)23)18-4-2-10-31-18/h1-10,16H,11-12,23H2. The lowest BCUT2D eigenvalue weighted by molar-refractivity contribution is -0.130. The molecule has 1 aliphatic heterocycles. The molecule has 4 aromatic rings. The molecule has 0 saturated heterocycles. The van der Waals surface area contributed by atoms with Gasteiger partial charge in [-0.2, -0.15) is 5.10 Å². The van der Waals surface area contributed by atoms with E-state index in [0.717, 1.165) is 11.3 Å². The molecule has 1 unspecified atom stereocenters. The molecule has 1 amide bonds. The number of nitrogen functional groups attached to an aromatic ring is 1. The Balaban J connectivity index is 1.35.